The van der Waals surface area contributed by atoms with Crippen LogP contribution in [0.3, 0.4) is 0 Å². The quantitative estimate of drug-likeness (QED) is 0.852. The average molecular weight is 310 g/mol. The van der Waals surface area contributed by atoms with E-state index in [4.69, 9.17) is 0 Å². The molecule has 120 valence electrons. The van der Waals surface area contributed by atoms with E-state index in [1.807, 2.05) is 61.5 Å². The predicted molar refractivity (Wildman–Crippen MR) is 92.1 cm³/mol. The molecule has 0 aliphatic carbocycles. The van der Waals surface area contributed by atoms with Gasteiger partial charge in [-0.1, -0.05) is 48.0 Å². The summed E-state index contributed by atoms with van der Waals surface area (Å²) >= 11 is 0. The van der Waals surface area contributed by atoms with Gasteiger partial charge in [-0.25, -0.2) is 0 Å². The van der Waals surface area contributed by atoms with Crippen molar-refractivity contribution in [2.75, 3.05) is 18.5 Å². The van der Waals surface area contributed by atoms with Crippen LogP contribution < -0.4 is 4.90 Å². The van der Waals surface area contributed by atoms with Crippen molar-refractivity contribution >= 4 is 17.5 Å². The number of rotatable bonds is 5. The van der Waals surface area contributed by atoms with Crippen LogP contribution in [0.5, 0.6) is 0 Å². The molecule has 0 saturated carbocycles. The van der Waals surface area contributed by atoms with Crippen molar-refractivity contribution in [1.29, 1.82) is 0 Å². The van der Waals surface area contributed by atoms with E-state index < -0.39 is 0 Å². The molecule has 0 saturated heterocycles. The molecule has 0 fully saturated rings. The Hall–Kier alpha value is -2.62. The van der Waals surface area contributed by atoms with E-state index in [1.54, 1.807) is 11.9 Å². The van der Waals surface area contributed by atoms with Crippen molar-refractivity contribution in [2.45, 2.75) is 20.4 Å². The topological polar surface area (TPSA) is 40.6 Å². The number of hydrogen-bond acceptors (Lipinski definition) is 2. The van der Waals surface area contributed by atoms with Gasteiger partial charge >= 0.3 is 0 Å². The van der Waals surface area contributed by atoms with Crippen LogP contribution in [0.4, 0.5) is 5.69 Å². The van der Waals surface area contributed by atoms with Crippen LogP contribution in [0, 0.1) is 6.92 Å². The maximum Gasteiger partial charge on any atom is 0.242 e. The molecule has 23 heavy (non-hydrogen) atoms. The second kappa shape index (κ2) is 7.58. The number of carbonyl (C=O) groups excluding carboxylic acids is 2. The summed E-state index contributed by atoms with van der Waals surface area (Å²) < 4.78 is 0. The minimum absolute atomic E-state index is 0.0434. The third-order valence-electron chi connectivity index (χ3n) is 3.71. The third kappa shape index (κ3) is 4.68. The summed E-state index contributed by atoms with van der Waals surface area (Å²) in [4.78, 5) is 27.5. The van der Waals surface area contributed by atoms with Crippen molar-refractivity contribution < 1.29 is 9.59 Å². The van der Waals surface area contributed by atoms with Crippen molar-refractivity contribution in [3.63, 3.8) is 0 Å². The van der Waals surface area contributed by atoms with Gasteiger partial charge in [0.15, 0.2) is 0 Å². The van der Waals surface area contributed by atoms with Gasteiger partial charge in [-0.2, -0.15) is 0 Å². The van der Waals surface area contributed by atoms with E-state index in [9.17, 15) is 9.59 Å². The van der Waals surface area contributed by atoms with Gasteiger partial charge in [0.2, 0.25) is 11.8 Å². The van der Waals surface area contributed by atoms with E-state index in [1.165, 1.54) is 11.8 Å². The molecular formula is C19H22N2O2. The highest BCUT2D eigenvalue weighted by atomic mass is 16.2. The number of aryl methyl sites for hydroxylation is 1. The Labute approximate surface area is 137 Å². The van der Waals surface area contributed by atoms with Crippen LogP contribution in [0.25, 0.3) is 0 Å². The van der Waals surface area contributed by atoms with Crippen LogP contribution in [-0.4, -0.2) is 30.3 Å². The van der Waals surface area contributed by atoms with E-state index >= 15 is 0 Å². The minimum atomic E-state index is -0.143. The summed E-state index contributed by atoms with van der Waals surface area (Å²) in [5.41, 5.74) is 2.92. The first-order chi connectivity index (χ1) is 11.0. The zero-order chi connectivity index (χ0) is 16.8. The summed E-state index contributed by atoms with van der Waals surface area (Å²) in [5.74, 6) is -0.236. The van der Waals surface area contributed by atoms with Crippen molar-refractivity contribution in [3.8, 4) is 0 Å². The first-order valence-electron chi connectivity index (χ1n) is 7.60. The highest BCUT2D eigenvalue weighted by molar-refractivity contribution is 5.97. The highest BCUT2D eigenvalue weighted by Gasteiger charge is 2.18. The lowest BCUT2D eigenvalue weighted by Gasteiger charge is -2.24. The maximum absolute atomic E-state index is 12.4. The molecule has 4 nitrogen and oxygen atoms in total. The molecule has 0 aliphatic heterocycles. The van der Waals surface area contributed by atoms with Gasteiger partial charge in [0.1, 0.15) is 6.54 Å². The van der Waals surface area contributed by atoms with Gasteiger partial charge in [0.05, 0.1) is 0 Å². The second-order valence-corrected chi connectivity index (χ2v) is 5.68. The van der Waals surface area contributed by atoms with Crippen molar-refractivity contribution in [1.82, 2.24) is 4.90 Å². The molecule has 0 radical (unpaired) electrons. The highest BCUT2D eigenvalue weighted by Crippen LogP contribution is 2.15. The van der Waals surface area contributed by atoms with Crippen LogP contribution in [0.2, 0.25) is 0 Å². The van der Waals surface area contributed by atoms with Crippen LogP contribution >= 0.6 is 0 Å². The molecule has 0 aromatic heterocycles. The minimum Gasteiger partial charge on any atom is -0.340 e. The molecule has 0 aliphatic rings. The Kier molecular flexibility index (Phi) is 5.52. The van der Waals surface area contributed by atoms with Gasteiger partial charge < -0.3 is 9.80 Å². The summed E-state index contributed by atoms with van der Waals surface area (Å²) in [7, 11) is 1.75. The molecule has 0 N–H and O–H groups in total. The molecule has 2 amide bonds. The van der Waals surface area contributed by atoms with E-state index in [0.29, 0.717) is 6.54 Å². The summed E-state index contributed by atoms with van der Waals surface area (Å²) in [5, 5.41) is 0. The lowest BCUT2D eigenvalue weighted by atomic mass is 10.2. The Morgan fingerprint density at radius 2 is 1.57 bits per heavy atom. The zero-order valence-corrected chi connectivity index (χ0v) is 13.8. The fourth-order valence-corrected chi connectivity index (χ4v) is 2.31. The normalized spacial score (nSPS) is 10.2. The Morgan fingerprint density at radius 3 is 2.13 bits per heavy atom. The number of hydrogen-bond donors (Lipinski definition) is 0. The van der Waals surface area contributed by atoms with Crippen molar-refractivity contribution in [2.24, 2.45) is 0 Å². The monoisotopic (exact) mass is 310 g/mol. The summed E-state index contributed by atoms with van der Waals surface area (Å²) in [6.45, 7) is 4.03. The Balaban J connectivity index is 2.06. The van der Waals surface area contributed by atoms with Crippen molar-refractivity contribution in [3.05, 3.63) is 65.7 Å². The molecule has 0 bridgehead atoms. The lowest BCUT2D eigenvalue weighted by Crippen LogP contribution is -2.40. The first kappa shape index (κ1) is 16.7. The molecule has 0 heterocycles. The Bertz CT molecular complexity index is 666. The van der Waals surface area contributed by atoms with Gasteiger partial charge in [-0.05, 0) is 24.6 Å². The molecule has 0 unspecified atom stereocenters. The van der Waals surface area contributed by atoms with E-state index in [0.717, 1.165) is 16.8 Å². The summed E-state index contributed by atoms with van der Waals surface area (Å²) in [6, 6.07) is 17.4. The second-order valence-electron chi connectivity index (χ2n) is 5.68. The molecule has 2 aromatic rings. The summed E-state index contributed by atoms with van der Waals surface area (Å²) in [6.07, 6.45) is 0. The maximum atomic E-state index is 12.4. The molecule has 2 aromatic carbocycles. The number of amides is 2. The number of anilines is 1. The van der Waals surface area contributed by atoms with Crippen LogP contribution in [-0.2, 0) is 16.1 Å². The first-order valence-corrected chi connectivity index (χ1v) is 7.60. The van der Waals surface area contributed by atoms with Crippen LogP contribution in [0.15, 0.2) is 54.6 Å². The van der Waals surface area contributed by atoms with E-state index in [-0.39, 0.29) is 18.4 Å². The van der Waals surface area contributed by atoms with Crippen LogP contribution in [0.1, 0.15) is 18.1 Å². The molecule has 0 spiro atoms. The van der Waals surface area contributed by atoms with Gasteiger partial charge in [0, 0.05) is 26.2 Å². The van der Waals surface area contributed by atoms with E-state index in [2.05, 4.69) is 0 Å². The van der Waals surface area contributed by atoms with Gasteiger partial charge in [-0.3, -0.25) is 9.59 Å². The molecular weight excluding hydrogens is 288 g/mol. The largest absolute Gasteiger partial charge is 0.340 e. The van der Waals surface area contributed by atoms with Gasteiger partial charge in [0.25, 0.3) is 0 Å². The Morgan fingerprint density at radius 1 is 0.957 bits per heavy atom. The van der Waals surface area contributed by atoms with Gasteiger partial charge in [-0.15, -0.1) is 0 Å². The molecule has 4 heteroatoms. The standard InChI is InChI=1S/C19H22N2O2/c1-15-9-11-18(12-10-15)21(16(2)22)14-19(23)20(3)13-17-7-5-4-6-8-17/h4-12H,13-14H2,1-3H3. The fraction of sp³-hybridized carbons (Fsp3) is 0.263. The molecule has 0 atom stereocenters. The SMILES string of the molecule is CC(=O)N(CC(=O)N(C)Cc1ccccc1)c1ccc(C)cc1. The number of nitrogens with zero attached hydrogens (tertiary/aromatic N) is 2. The third-order valence-corrected chi connectivity index (χ3v) is 3.71. The fourth-order valence-electron chi connectivity index (χ4n) is 2.31. The number of carbonyl (C=O) groups is 2. The smallest absolute Gasteiger partial charge is 0.242 e. The average Bonchev–Trinajstić information content (AvgIpc) is 2.54. The predicted octanol–water partition coefficient (Wildman–Crippen LogP) is 3.01. The number of benzene rings is 2. The number of likely N-dealkylation sites (N-methyl/N-ethyl adjacent to an activating group) is 1. The zero-order valence-electron chi connectivity index (χ0n) is 13.8. The molecule has 2 rings (SSSR count). The lowest BCUT2D eigenvalue weighted by molar-refractivity contribution is -0.130.